The minimum atomic E-state index is -0.439. The first-order chi connectivity index (χ1) is 10.9. The molecule has 1 fully saturated rings. The number of likely N-dealkylation sites (tertiary alicyclic amines) is 1. The zero-order valence-electron chi connectivity index (χ0n) is 13.8. The van der Waals surface area contributed by atoms with E-state index in [0.29, 0.717) is 25.2 Å². The summed E-state index contributed by atoms with van der Waals surface area (Å²) in [6.07, 6.45) is 1.62. The molecule has 0 bridgehead atoms. The molecule has 5 nitrogen and oxygen atoms in total. The van der Waals surface area contributed by atoms with Crippen molar-refractivity contribution < 1.29 is 18.7 Å². The molecule has 0 N–H and O–H groups in total. The van der Waals surface area contributed by atoms with Gasteiger partial charge in [0.15, 0.2) is 11.6 Å². The molecule has 6 heteroatoms. The quantitative estimate of drug-likeness (QED) is 0.852. The van der Waals surface area contributed by atoms with Gasteiger partial charge in [0.25, 0.3) is 0 Å². The Labute approximate surface area is 136 Å². The van der Waals surface area contributed by atoms with Gasteiger partial charge in [0, 0.05) is 33.6 Å². The first-order valence-electron chi connectivity index (χ1n) is 7.75. The molecule has 1 heterocycles. The van der Waals surface area contributed by atoms with Crippen LogP contribution in [0.4, 0.5) is 4.39 Å². The highest BCUT2D eigenvalue weighted by Crippen LogP contribution is 2.21. The van der Waals surface area contributed by atoms with Crippen molar-refractivity contribution in [1.29, 1.82) is 0 Å². The molecule has 1 aromatic carbocycles. The Morgan fingerprint density at radius 3 is 2.78 bits per heavy atom. The third kappa shape index (κ3) is 4.21. The lowest BCUT2D eigenvalue weighted by Gasteiger charge is -2.33. The van der Waals surface area contributed by atoms with Crippen LogP contribution >= 0.6 is 0 Å². The number of carbonyl (C=O) groups excluding carboxylic acids is 2. The maximum absolute atomic E-state index is 13.7. The van der Waals surface area contributed by atoms with Gasteiger partial charge in [-0.1, -0.05) is 6.07 Å². The molecule has 0 saturated carbocycles. The van der Waals surface area contributed by atoms with E-state index in [2.05, 4.69) is 0 Å². The average molecular weight is 322 g/mol. The average Bonchev–Trinajstić information content (AvgIpc) is 2.54. The fourth-order valence-corrected chi connectivity index (χ4v) is 2.94. The molecule has 23 heavy (non-hydrogen) atoms. The van der Waals surface area contributed by atoms with Crippen LogP contribution < -0.4 is 4.74 Å². The fraction of sp³-hybridized carbons (Fsp3) is 0.529. The van der Waals surface area contributed by atoms with E-state index in [1.807, 2.05) is 0 Å². The number of nitrogens with zero attached hydrogens (tertiary/aromatic N) is 2. The summed E-state index contributed by atoms with van der Waals surface area (Å²) >= 11 is 0. The predicted molar refractivity (Wildman–Crippen MR) is 84.4 cm³/mol. The van der Waals surface area contributed by atoms with Crippen molar-refractivity contribution in [2.45, 2.75) is 26.3 Å². The first kappa shape index (κ1) is 17.2. The van der Waals surface area contributed by atoms with Crippen molar-refractivity contribution in [3.8, 4) is 5.75 Å². The Bertz CT molecular complexity index is 591. The molecule has 0 aromatic heterocycles. The fourth-order valence-electron chi connectivity index (χ4n) is 2.94. The standard InChI is InChI=1S/C17H23FN2O3/c1-12(21)20-8-4-5-14(11-20)17(22)19(2)10-13-6-7-16(23-3)15(18)9-13/h6-7,9,14H,4-5,8,10-11H2,1-3H3. The number of piperidine rings is 1. The van der Waals surface area contributed by atoms with Crippen LogP contribution in [0.5, 0.6) is 5.75 Å². The Morgan fingerprint density at radius 1 is 1.43 bits per heavy atom. The van der Waals surface area contributed by atoms with E-state index in [9.17, 15) is 14.0 Å². The summed E-state index contributed by atoms with van der Waals surface area (Å²) in [5, 5.41) is 0. The Morgan fingerprint density at radius 2 is 2.17 bits per heavy atom. The number of carbonyl (C=O) groups is 2. The maximum atomic E-state index is 13.7. The molecule has 2 rings (SSSR count). The van der Waals surface area contributed by atoms with Crippen molar-refractivity contribution in [2.75, 3.05) is 27.2 Å². The van der Waals surface area contributed by atoms with Crippen LogP contribution in [0.2, 0.25) is 0 Å². The highest BCUT2D eigenvalue weighted by Gasteiger charge is 2.29. The lowest BCUT2D eigenvalue weighted by Crippen LogP contribution is -2.45. The highest BCUT2D eigenvalue weighted by molar-refractivity contribution is 5.80. The second-order valence-electron chi connectivity index (χ2n) is 5.97. The van der Waals surface area contributed by atoms with Gasteiger partial charge < -0.3 is 14.5 Å². The predicted octanol–water partition coefficient (Wildman–Crippen LogP) is 2.05. The third-order valence-electron chi connectivity index (χ3n) is 4.23. The second-order valence-corrected chi connectivity index (χ2v) is 5.97. The maximum Gasteiger partial charge on any atom is 0.227 e. The van der Waals surface area contributed by atoms with E-state index in [4.69, 9.17) is 4.74 Å². The van der Waals surface area contributed by atoms with E-state index in [-0.39, 0.29) is 23.5 Å². The largest absolute Gasteiger partial charge is 0.494 e. The molecular weight excluding hydrogens is 299 g/mol. The van der Waals surface area contributed by atoms with Gasteiger partial charge in [-0.05, 0) is 30.5 Å². The van der Waals surface area contributed by atoms with Crippen molar-refractivity contribution in [1.82, 2.24) is 9.80 Å². The van der Waals surface area contributed by atoms with Crippen LogP contribution in [-0.2, 0) is 16.1 Å². The Kier molecular flexibility index (Phi) is 5.58. The SMILES string of the molecule is COc1ccc(CN(C)C(=O)C2CCCN(C(C)=O)C2)cc1F. The summed E-state index contributed by atoms with van der Waals surface area (Å²) < 4.78 is 18.6. The molecule has 1 unspecified atom stereocenters. The molecule has 1 aliphatic rings. The van der Waals surface area contributed by atoms with E-state index < -0.39 is 5.82 Å². The minimum absolute atomic E-state index is 0.00220. The Balaban J connectivity index is 1.99. The van der Waals surface area contributed by atoms with Gasteiger partial charge >= 0.3 is 0 Å². The number of benzene rings is 1. The van der Waals surface area contributed by atoms with Crippen molar-refractivity contribution in [2.24, 2.45) is 5.92 Å². The third-order valence-corrected chi connectivity index (χ3v) is 4.23. The molecule has 1 aliphatic heterocycles. The van der Waals surface area contributed by atoms with E-state index in [1.54, 1.807) is 29.0 Å². The van der Waals surface area contributed by atoms with Crippen molar-refractivity contribution in [3.63, 3.8) is 0 Å². The first-order valence-corrected chi connectivity index (χ1v) is 7.75. The van der Waals surface area contributed by atoms with Crippen LogP contribution in [0.1, 0.15) is 25.3 Å². The normalized spacial score (nSPS) is 17.7. The van der Waals surface area contributed by atoms with E-state index >= 15 is 0 Å². The lowest BCUT2D eigenvalue weighted by atomic mass is 9.96. The van der Waals surface area contributed by atoms with Gasteiger partial charge in [0.1, 0.15) is 0 Å². The molecule has 2 amide bonds. The van der Waals surface area contributed by atoms with E-state index in [1.165, 1.54) is 20.1 Å². The number of halogens is 1. The second kappa shape index (κ2) is 7.44. The van der Waals surface area contributed by atoms with Gasteiger partial charge in [-0.15, -0.1) is 0 Å². The number of ether oxygens (including phenoxy) is 1. The monoisotopic (exact) mass is 322 g/mol. The van der Waals surface area contributed by atoms with Gasteiger partial charge in [-0.3, -0.25) is 9.59 Å². The molecule has 1 saturated heterocycles. The molecular formula is C17H23FN2O3. The summed E-state index contributed by atoms with van der Waals surface area (Å²) in [6.45, 7) is 3.04. The number of hydrogen-bond acceptors (Lipinski definition) is 3. The van der Waals surface area contributed by atoms with Crippen molar-refractivity contribution >= 4 is 11.8 Å². The topological polar surface area (TPSA) is 49.9 Å². The molecule has 0 spiro atoms. The van der Waals surface area contributed by atoms with Crippen LogP contribution in [0.3, 0.4) is 0 Å². The summed E-state index contributed by atoms with van der Waals surface area (Å²) in [7, 11) is 3.12. The summed E-state index contributed by atoms with van der Waals surface area (Å²) in [6, 6.07) is 4.68. The van der Waals surface area contributed by atoms with Crippen LogP contribution in [-0.4, -0.2) is 48.9 Å². The Hall–Kier alpha value is -2.11. The number of hydrogen-bond donors (Lipinski definition) is 0. The van der Waals surface area contributed by atoms with Crippen molar-refractivity contribution in [3.05, 3.63) is 29.6 Å². The smallest absolute Gasteiger partial charge is 0.227 e. The number of amides is 2. The molecule has 0 aliphatic carbocycles. The molecule has 0 radical (unpaired) electrons. The summed E-state index contributed by atoms with van der Waals surface area (Å²) in [4.78, 5) is 27.3. The van der Waals surface area contributed by atoms with Crippen LogP contribution in [0.15, 0.2) is 18.2 Å². The summed E-state index contributed by atoms with van der Waals surface area (Å²) in [5.41, 5.74) is 0.707. The van der Waals surface area contributed by atoms with Gasteiger partial charge in [0.2, 0.25) is 11.8 Å². The van der Waals surface area contributed by atoms with Gasteiger partial charge in [-0.25, -0.2) is 4.39 Å². The highest BCUT2D eigenvalue weighted by atomic mass is 19.1. The van der Waals surface area contributed by atoms with Crippen LogP contribution in [0, 0.1) is 11.7 Å². The van der Waals surface area contributed by atoms with E-state index in [0.717, 1.165) is 12.8 Å². The zero-order valence-corrected chi connectivity index (χ0v) is 13.8. The molecule has 1 atom stereocenters. The minimum Gasteiger partial charge on any atom is -0.494 e. The number of rotatable bonds is 4. The lowest BCUT2D eigenvalue weighted by molar-refractivity contribution is -0.139. The summed E-state index contributed by atoms with van der Waals surface area (Å²) in [5.74, 6) is -0.436. The molecule has 126 valence electrons. The van der Waals surface area contributed by atoms with Gasteiger partial charge in [-0.2, -0.15) is 0 Å². The zero-order chi connectivity index (χ0) is 17.0. The van der Waals surface area contributed by atoms with Gasteiger partial charge in [0.05, 0.1) is 13.0 Å². The van der Waals surface area contributed by atoms with Crippen LogP contribution in [0.25, 0.3) is 0 Å². The number of methoxy groups -OCH3 is 1. The molecule has 1 aromatic rings.